The van der Waals surface area contributed by atoms with Crippen LogP contribution in [0.5, 0.6) is 0 Å². The Kier molecular flexibility index (Phi) is 12.1. The monoisotopic (exact) mass is 286 g/mol. The SMILES string of the molecule is C=CC(=O)OC(C)(C)C.CCCCCCC(C)C(=O)O. The molecule has 118 valence electrons. The van der Waals surface area contributed by atoms with Crippen LogP contribution in [-0.2, 0) is 14.3 Å². The molecule has 0 aromatic carbocycles. The zero-order valence-electron chi connectivity index (χ0n) is 13.6. The van der Waals surface area contributed by atoms with Crippen LogP contribution in [0.15, 0.2) is 12.7 Å². The molecule has 0 aliphatic rings. The first-order valence-electron chi connectivity index (χ1n) is 7.22. The predicted octanol–water partition coefficient (Wildman–Crippen LogP) is 4.19. The number of unbranched alkanes of at least 4 members (excludes halogenated alkanes) is 3. The molecular formula is C16H30O4. The number of rotatable bonds is 7. The van der Waals surface area contributed by atoms with Crippen LogP contribution in [0.3, 0.4) is 0 Å². The van der Waals surface area contributed by atoms with Gasteiger partial charge in [-0.2, -0.15) is 0 Å². The van der Waals surface area contributed by atoms with Crippen molar-refractivity contribution in [1.82, 2.24) is 0 Å². The smallest absolute Gasteiger partial charge is 0.330 e. The predicted molar refractivity (Wildman–Crippen MR) is 81.6 cm³/mol. The van der Waals surface area contributed by atoms with Crippen molar-refractivity contribution >= 4 is 11.9 Å². The van der Waals surface area contributed by atoms with Gasteiger partial charge in [-0.25, -0.2) is 4.79 Å². The second-order valence-electron chi connectivity index (χ2n) is 5.83. The lowest BCUT2D eigenvalue weighted by atomic mass is 10.0. The van der Waals surface area contributed by atoms with Crippen LogP contribution in [0.25, 0.3) is 0 Å². The number of carboxylic acids is 1. The fourth-order valence-corrected chi connectivity index (χ4v) is 1.34. The minimum atomic E-state index is -0.665. The third-order valence-corrected chi connectivity index (χ3v) is 2.49. The van der Waals surface area contributed by atoms with Crippen molar-refractivity contribution in [2.45, 2.75) is 72.3 Å². The molecular weight excluding hydrogens is 256 g/mol. The van der Waals surface area contributed by atoms with Crippen molar-refractivity contribution in [3.63, 3.8) is 0 Å². The Balaban J connectivity index is 0. The second-order valence-corrected chi connectivity index (χ2v) is 5.83. The van der Waals surface area contributed by atoms with Crippen molar-refractivity contribution < 1.29 is 19.4 Å². The molecule has 20 heavy (non-hydrogen) atoms. The van der Waals surface area contributed by atoms with Gasteiger partial charge in [-0.3, -0.25) is 4.79 Å². The lowest BCUT2D eigenvalue weighted by Crippen LogP contribution is -2.22. The number of hydrogen-bond acceptors (Lipinski definition) is 3. The molecule has 0 saturated carbocycles. The summed E-state index contributed by atoms with van der Waals surface area (Å²) in [6.45, 7) is 12.6. The normalized spacial score (nSPS) is 11.8. The molecule has 0 radical (unpaired) electrons. The van der Waals surface area contributed by atoms with E-state index >= 15 is 0 Å². The Morgan fingerprint density at radius 3 is 2.10 bits per heavy atom. The Morgan fingerprint density at radius 1 is 1.25 bits per heavy atom. The Labute approximate surface area is 123 Å². The average Bonchev–Trinajstić information content (AvgIpc) is 2.32. The van der Waals surface area contributed by atoms with Gasteiger partial charge in [0.25, 0.3) is 0 Å². The Morgan fingerprint density at radius 2 is 1.80 bits per heavy atom. The van der Waals surface area contributed by atoms with E-state index in [1.807, 2.05) is 20.8 Å². The van der Waals surface area contributed by atoms with Crippen molar-refractivity contribution in [2.24, 2.45) is 5.92 Å². The maximum Gasteiger partial charge on any atom is 0.330 e. The average molecular weight is 286 g/mol. The van der Waals surface area contributed by atoms with Gasteiger partial charge in [-0.1, -0.05) is 46.1 Å². The number of carboxylic acid groups (broad SMARTS) is 1. The number of hydrogen-bond donors (Lipinski definition) is 1. The van der Waals surface area contributed by atoms with Crippen LogP contribution in [0.4, 0.5) is 0 Å². The van der Waals surface area contributed by atoms with E-state index in [0.717, 1.165) is 18.9 Å². The maximum atomic E-state index is 10.5. The number of carbonyl (C=O) groups excluding carboxylic acids is 1. The van der Waals surface area contributed by atoms with Crippen LogP contribution in [0, 0.1) is 5.92 Å². The Hall–Kier alpha value is -1.32. The molecule has 0 amide bonds. The first kappa shape index (κ1) is 21.0. The molecule has 0 heterocycles. The number of ether oxygens (including phenoxy) is 1. The van der Waals surface area contributed by atoms with E-state index in [2.05, 4.69) is 13.5 Å². The lowest BCUT2D eigenvalue weighted by Gasteiger charge is -2.17. The highest BCUT2D eigenvalue weighted by Crippen LogP contribution is 2.10. The van der Waals surface area contributed by atoms with Crippen molar-refractivity contribution in [1.29, 1.82) is 0 Å². The standard InChI is InChI=1S/C9H18O2.C7H12O2/c1-3-4-5-6-7-8(2)9(10)11;1-5-6(8)9-7(2,3)4/h8H,3-7H2,1-2H3,(H,10,11);5H,1H2,2-4H3. The molecule has 4 heteroatoms. The molecule has 0 fully saturated rings. The number of esters is 1. The van der Waals surface area contributed by atoms with E-state index in [0.29, 0.717) is 0 Å². The molecule has 1 N–H and O–H groups in total. The van der Waals surface area contributed by atoms with Crippen LogP contribution >= 0.6 is 0 Å². The van der Waals surface area contributed by atoms with E-state index < -0.39 is 11.6 Å². The quantitative estimate of drug-likeness (QED) is 0.433. The van der Waals surface area contributed by atoms with E-state index in [4.69, 9.17) is 9.84 Å². The highest BCUT2D eigenvalue weighted by Gasteiger charge is 2.12. The van der Waals surface area contributed by atoms with Crippen molar-refractivity contribution in [3.8, 4) is 0 Å². The van der Waals surface area contributed by atoms with Gasteiger partial charge in [0, 0.05) is 6.08 Å². The first-order valence-corrected chi connectivity index (χ1v) is 7.22. The van der Waals surface area contributed by atoms with E-state index in [-0.39, 0.29) is 11.9 Å². The highest BCUT2D eigenvalue weighted by molar-refractivity contribution is 5.81. The van der Waals surface area contributed by atoms with Crippen LogP contribution < -0.4 is 0 Å². The molecule has 0 rings (SSSR count). The minimum Gasteiger partial charge on any atom is -0.481 e. The maximum absolute atomic E-state index is 10.5. The summed E-state index contributed by atoms with van der Waals surface area (Å²) in [5.74, 6) is -1.20. The zero-order valence-corrected chi connectivity index (χ0v) is 13.6. The summed E-state index contributed by atoms with van der Waals surface area (Å²) in [5.41, 5.74) is -0.398. The summed E-state index contributed by atoms with van der Waals surface area (Å²) in [4.78, 5) is 20.9. The molecule has 4 nitrogen and oxygen atoms in total. The van der Waals surface area contributed by atoms with Crippen LogP contribution in [-0.4, -0.2) is 22.6 Å². The lowest BCUT2D eigenvalue weighted by molar-refractivity contribution is -0.148. The fraction of sp³-hybridized carbons (Fsp3) is 0.750. The van der Waals surface area contributed by atoms with Gasteiger partial charge in [-0.15, -0.1) is 0 Å². The molecule has 0 aliphatic heterocycles. The van der Waals surface area contributed by atoms with Crippen LogP contribution in [0.2, 0.25) is 0 Å². The fourth-order valence-electron chi connectivity index (χ4n) is 1.34. The largest absolute Gasteiger partial charge is 0.481 e. The minimum absolute atomic E-state index is 0.160. The van der Waals surface area contributed by atoms with Gasteiger partial charge in [0.15, 0.2) is 0 Å². The molecule has 1 atom stereocenters. The molecule has 0 bridgehead atoms. The van der Waals surface area contributed by atoms with Gasteiger partial charge in [0.2, 0.25) is 0 Å². The summed E-state index contributed by atoms with van der Waals surface area (Å²) in [7, 11) is 0. The summed E-state index contributed by atoms with van der Waals surface area (Å²) < 4.78 is 4.83. The van der Waals surface area contributed by atoms with Crippen LogP contribution in [0.1, 0.15) is 66.7 Å². The zero-order chi connectivity index (χ0) is 16.2. The molecule has 0 spiro atoms. The number of carbonyl (C=O) groups is 2. The Bertz CT molecular complexity index is 289. The van der Waals surface area contributed by atoms with E-state index in [1.54, 1.807) is 6.92 Å². The third kappa shape index (κ3) is 16.7. The van der Waals surface area contributed by atoms with E-state index in [1.165, 1.54) is 19.3 Å². The number of aliphatic carboxylic acids is 1. The molecule has 1 unspecified atom stereocenters. The molecule has 0 aromatic rings. The van der Waals surface area contributed by atoms with Crippen molar-refractivity contribution in [2.75, 3.05) is 0 Å². The molecule has 0 saturated heterocycles. The highest BCUT2D eigenvalue weighted by atomic mass is 16.6. The summed E-state index contributed by atoms with van der Waals surface area (Å²) in [6, 6.07) is 0. The first-order chi connectivity index (χ1) is 9.14. The van der Waals surface area contributed by atoms with Gasteiger partial charge in [-0.05, 0) is 27.2 Å². The van der Waals surface area contributed by atoms with E-state index in [9.17, 15) is 9.59 Å². The third-order valence-electron chi connectivity index (χ3n) is 2.49. The van der Waals surface area contributed by atoms with Gasteiger partial charge in [0.1, 0.15) is 5.60 Å². The van der Waals surface area contributed by atoms with Gasteiger partial charge < -0.3 is 9.84 Å². The van der Waals surface area contributed by atoms with Crippen molar-refractivity contribution in [3.05, 3.63) is 12.7 Å². The van der Waals surface area contributed by atoms with Gasteiger partial charge >= 0.3 is 11.9 Å². The molecule has 0 aliphatic carbocycles. The second kappa shape index (κ2) is 11.5. The summed E-state index contributed by atoms with van der Waals surface area (Å²) in [6.07, 6.45) is 6.66. The summed E-state index contributed by atoms with van der Waals surface area (Å²) >= 11 is 0. The molecule has 0 aromatic heterocycles. The topological polar surface area (TPSA) is 63.6 Å². The van der Waals surface area contributed by atoms with Gasteiger partial charge in [0.05, 0.1) is 5.92 Å². The summed E-state index contributed by atoms with van der Waals surface area (Å²) in [5, 5.41) is 8.54.